The molecular weight excluding hydrogens is 268 g/mol. The summed E-state index contributed by atoms with van der Waals surface area (Å²) >= 11 is 3.49. The van der Waals surface area contributed by atoms with E-state index in [1.54, 1.807) is 10.9 Å². The fraction of sp³-hybridized carbons (Fsp3) is 0. The fourth-order valence-corrected chi connectivity index (χ4v) is 2.00. The normalized spacial score (nSPS) is 10.8. The summed E-state index contributed by atoms with van der Waals surface area (Å²) in [7, 11) is 0. The van der Waals surface area contributed by atoms with Gasteiger partial charge in [-0.25, -0.2) is 4.98 Å². The van der Waals surface area contributed by atoms with Gasteiger partial charge in [-0.2, -0.15) is 4.68 Å². The fourth-order valence-electron chi connectivity index (χ4n) is 1.55. The van der Waals surface area contributed by atoms with Crippen molar-refractivity contribution < 1.29 is 0 Å². The second kappa shape index (κ2) is 3.68. The predicted molar refractivity (Wildman–Crippen MR) is 64.4 cm³/mol. The Morgan fingerprint density at radius 2 is 1.94 bits per heavy atom. The third-order valence-corrected chi connectivity index (χ3v) is 2.96. The highest BCUT2D eigenvalue weighted by molar-refractivity contribution is 9.10. The molecule has 0 spiro atoms. The number of rotatable bonds is 1. The molecule has 0 saturated heterocycles. The summed E-state index contributed by atoms with van der Waals surface area (Å²) in [5, 5.41) is 8.17. The van der Waals surface area contributed by atoms with Crippen LogP contribution in [0.15, 0.2) is 47.1 Å². The van der Waals surface area contributed by atoms with Gasteiger partial charge in [-0.1, -0.05) is 17.3 Å². The van der Waals surface area contributed by atoms with Gasteiger partial charge in [0, 0.05) is 10.7 Å². The van der Waals surface area contributed by atoms with E-state index in [9.17, 15) is 0 Å². The molecule has 0 bridgehead atoms. The Bertz CT molecular complexity index is 647. The first-order chi connectivity index (χ1) is 7.86. The number of halogens is 1. The average Bonchev–Trinajstić information content (AvgIpc) is 2.74. The Hall–Kier alpha value is -1.75. The van der Waals surface area contributed by atoms with E-state index in [1.807, 2.05) is 36.4 Å². The standard InChI is InChI=1S/C11H7BrN4/c12-8-4-1-2-6-10(8)16-11-9(14-15-16)5-3-7-13-11/h1-7H. The maximum Gasteiger partial charge on any atom is 0.183 e. The maximum absolute atomic E-state index is 4.28. The molecule has 0 aliphatic rings. The van der Waals surface area contributed by atoms with E-state index in [1.165, 1.54) is 0 Å². The highest BCUT2D eigenvalue weighted by Gasteiger charge is 2.08. The van der Waals surface area contributed by atoms with Crippen molar-refractivity contribution >= 4 is 27.1 Å². The maximum atomic E-state index is 4.28. The van der Waals surface area contributed by atoms with Gasteiger partial charge >= 0.3 is 0 Å². The van der Waals surface area contributed by atoms with Crippen molar-refractivity contribution in [1.29, 1.82) is 0 Å². The number of para-hydroxylation sites is 1. The quantitative estimate of drug-likeness (QED) is 0.685. The summed E-state index contributed by atoms with van der Waals surface area (Å²) in [6, 6.07) is 11.6. The van der Waals surface area contributed by atoms with Crippen molar-refractivity contribution in [2.24, 2.45) is 0 Å². The first-order valence-electron chi connectivity index (χ1n) is 4.77. The first kappa shape index (κ1) is 9.47. The average molecular weight is 275 g/mol. The van der Waals surface area contributed by atoms with Crippen molar-refractivity contribution in [3.05, 3.63) is 47.1 Å². The van der Waals surface area contributed by atoms with Gasteiger partial charge in [0.15, 0.2) is 5.65 Å². The van der Waals surface area contributed by atoms with E-state index in [0.717, 1.165) is 21.3 Å². The summed E-state index contributed by atoms with van der Waals surface area (Å²) in [6.45, 7) is 0. The van der Waals surface area contributed by atoms with Gasteiger partial charge in [0.2, 0.25) is 0 Å². The summed E-state index contributed by atoms with van der Waals surface area (Å²) in [4.78, 5) is 4.28. The smallest absolute Gasteiger partial charge is 0.183 e. The Kier molecular flexibility index (Phi) is 2.18. The molecule has 2 aromatic heterocycles. The van der Waals surface area contributed by atoms with Crippen molar-refractivity contribution in [2.45, 2.75) is 0 Å². The molecule has 0 saturated carbocycles. The molecule has 0 amide bonds. The zero-order valence-electron chi connectivity index (χ0n) is 8.21. The number of hydrogen-bond acceptors (Lipinski definition) is 3. The zero-order valence-corrected chi connectivity index (χ0v) is 9.79. The number of hydrogen-bond donors (Lipinski definition) is 0. The van der Waals surface area contributed by atoms with E-state index < -0.39 is 0 Å². The minimum atomic E-state index is 0.759. The van der Waals surface area contributed by atoms with Crippen LogP contribution in [0.3, 0.4) is 0 Å². The van der Waals surface area contributed by atoms with Gasteiger partial charge in [-0.05, 0) is 40.2 Å². The molecular formula is C11H7BrN4. The molecule has 0 N–H and O–H groups in total. The third-order valence-electron chi connectivity index (χ3n) is 2.29. The predicted octanol–water partition coefficient (Wildman–Crippen LogP) is 2.58. The van der Waals surface area contributed by atoms with Gasteiger partial charge in [0.25, 0.3) is 0 Å². The van der Waals surface area contributed by atoms with E-state index in [4.69, 9.17) is 0 Å². The Labute approximate surface area is 100 Å². The second-order valence-electron chi connectivity index (χ2n) is 3.30. The van der Waals surface area contributed by atoms with Gasteiger partial charge in [0.1, 0.15) is 5.52 Å². The number of aromatic nitrogens is 4. The third kappa shape index (κ3) is 1.40. The molecule has 5 heteroatoms. The summed E-state index contributed by atoms with van der Waals surface area (Å²) < 4.78 is 2.69. The lowest BCUT2D eigenvalue weighted by Crippen LogP contribution is -1.98. The monoisotopic (exact) mass is 274 g/mol. The lowest BCUT2D eigenvalue weighted by molar-refractivity contribution is 0.814. The number of fused-ring (bicyclic) bond motifs is 1. The van der Waals surface area contributed by atoms with Crippen LogP contribution in [-0.2, 0) is 0 Å². The topological polar surface area (TPSA) is 43.6 Å². The van der Waals surface area contributed by atoms with Crippen LogP contribution < -0.4 is 0 Å². The minimum Gasteiger partial charge on any atom is -0.235 e. The van der Waals surface area contributed by atoms with Crippen LogP contribution >= 0.6 is 15.9 Å². The molecule has 78 valence electrons. The van der Waals surface area contributed by atoms with Crippen molar-refractivity contribution in [1.82, 2.24) is 20.0 Å². The van der Waals surface area contributed by atoms with E-state index >= 15 is 0 Å². The molecule has 3 aromatic rings. The molecule has 0 radical (unpaired) electrons. The summed E-state index contributed by atoms with van der Waals surface area (Å²) in [6.07, 6.45) is 1.74. The van der Waals surface area contributed by atoms with Crippen LogP contribution in [0.2, 0.25) is 0 Å². The van der Waals surface area contributed by atoms with Crippen LogP contribution in [0.5, 0.6) is 0 Å². The number of pyridine rings is 1. The highest BCUT2D eigenvalue weighted by Crippen LogP contribution is 2.21. The van der Waals surface area contributed by atoms with Crippen molar-refractivity contribution in [2.75, 3.05) is 0 Å². The molecule has 16 heavy (non-hydrogen) atoms. The summed E-state index contributed by atoms with van der Waals surface area (Å²) in [5.74, 6) is 0. The Morgan fingerprint density at radius 3 is 2.81 bits per heavy atom. The molecule has 2 heterocycles. The van der Waals surface area contributed by atoms with E-state index in [-0.39, 0.29) is 0 Å². The minimum absolute atomic E-state index is 0.759. The van der Waals surface area contributed by atoms with Gasteiger partial charge in [0.05, 0.1) is 5.69 Å². The lowest BCUT2D eigenvalue weighted by Gasteiger charge is -2.02. The van der Waals surface area contributed by atoms with E-state index in [0.29, 0.717) is 0 Å². The molecule has 4 nitrogen and oxygen atoms in total. The lowest BCUT2D eigenvalue weighted by atomic mass is 10.3. The molecule has 0 aliphatic heterocycles. The molecule has 3 rings (SSSR count). The van der Waals surface area contributed by atoms with Crippen LogP contribution in [-0.4, -0.2) is 20.0 Å². The van der Waals surface area contributed by atoms with Crippen molar-refractivity contribution in [3.63, 3.8) is 0 Å². The number of nitrogens with zero attached hydrogens (tertiary/aromatic N) is 4. The number of benzene rings is 1. The molecule has 1 aromatic carbocycles. The van der Waals surface area contributed by atoms with Crippen LogP contribution in [0.1, 0.15) is 0 Å². The molecule has 0 fully saturated rings. The van der Waals surface area contributed by atoms with Crippen molar-refractivity contribution in [3.8, 4) is 5.69 Å². The SMILES string of the molecule is Brc1ccccc1-n1nnc2cccnc21. The van der Waals surface area contributed by atoms with Crippen LogP contribution in [0.25, 0.3) is 16.9 Å². The Morgan fingerprint density at radius 1 is 1.06 bits per heavy atom. The van der Waals surface area contributed by atoms with Gasteiger partial charge < -0.3 is 0 Å². The molecule has 0 atom stereocenters. The van der Waals surface area contributed by atoms with Crippen LogP contribution in [0, 0.1) is 0 Å². The second-order valence-corrected chi connectivity index (χ2v) is 4.15. The largest absolute Gasteiger partial charge is 0.235 e. The molecule has 0 unspecified atom stereocenters. The highest BCUT2D eigenvalue weighted by atomic mass is 79.9. The Balaban J connectivity index is 2.31. The summed E-state index contributed by atoms with van der Waals surface area (Å²) in [5.41, 5.74) is 2.48. The van der Waals surface area contributed by atoms with Crippen LogP contribution in [0.4, 0.5) is 0 Å². The molecule has 0 aliphatic carbocycles. The first-order valence-corrected chi connectivity index (χ1v) is 5.57. The zero-order chi connectivity index (χ0) is 11.0. The van der Waals surface area contributed by atoms with E-state index in [2.05, 4.69) is 31.2 Å². The van der Waals surface area contributed by atoms with Gasteiger partial charge in [-0.3, -0.25) is 0 Å². The van der Waals surface area contributed by atoms with Gasteiger partial charge in [-0.15, -0.1) is 5.10 Å².